The molecule has 0 saturated heterocycles. The molecule has 0 unspecified atom stereocenters. The maximum absolute atomic E-state index is 12.1. The van der Waals surface area contributed by atoms with Crippen LogP contribution >= 0.6 is 11.6 Å². The Kier molecular flexibility index (Phi) is 4.72. The predicted molar refractivity (Wildman–Crippen MR) is 96.9 cm³/mol. The highest BCUT2D eigenvalue weighted by Gasteiger charge is 2.16. The Balaban J connectivity index is 2.15. The molecule has 0 radical (unpaired) electrons. The van der Waals surface area contributed by atoms with Gasteiger partial charge in [-0.3, -0.25) is 0 Å². The lowest BCUT2D eigenvalue weighted by atomic mass is 10.1. The molecule has 0 spiro atoms. The number of nitrogens with two attached hydrogens (primary N) is 1. The first-order valence-electron chi connectivity index (χ1n) is 7.61. The molecule has 0 amide bonds. The van der Waals surface area contributed by atoms with Crippen LogP contribution in [0.25, 0.3) is 22.2 Å². The summed E-state index contributed by atoms with van der Waals surface area (Å²) in [5, 5.41) is 1.08. The van der Waals surface area contributed by atoms with Crippen molar-refractivity contribution in [1.82, 2.24) is 9.97 Å². The summed E-state index contributed by atoms with van der Waals surface area (Å²) in [5.74, 6) is 0.423. The molecule has 0 aliphatic rings. The molecule has 0 aliphatic carbocycles. The van der Waals surface area contributed by atoms with Gasteiger partial charge in [0.15, 0.2) is 0 Å². The number of ether oxygens (including phenoxy) is 2. The summed E-state index contributed by atoms with van der Waals surface area (Å²) in [6.07, 6.45) is 1.40. The van der Waals surface area contributed by atoms with Gasteiger partial charge in [0.2, 0.25) is 0 Å². The van der Waals surface area contributed by atoms with Gasteiger partial charge in [-0.1, -0.05) is 11.6 Å². The molecular formula is C18H16ClN3O3. The number of rotatable bonds is 4. The molecule has 0 bridgehead atoms. The number of esters is 1. The minimum Gasteiger partial charge on any atom is -0.497 e. The van der Waals surface area contributed by atoms with Gasteiger partial charge in [0.25, 0.3) is 0 Å². The largest absolute Gasteiger partial charge is 0.497 e. The Morgan fingerprint density at radius 1 is 1.28 bits per heavy atom. The minimum absolute atomic E-state index is 0.231. The van der Waals surface area contributed by atoms with E-state index in [2.05, 4.69) is 9.97 Å². The second-order valence-electron chi connectivity index (χ2n) is 5.22. The van der Waals surface area contributed by atoms with Gasteiger partial charge >= 0.3 is 5.97 Å². The van der Waals surface area contributed by atoms with E-state index in [1.165, 1.54) is 6.20 Å². The number of carbonyl (C=O) groups is 1. The maximum Gasteiger partial charge on any atom is 0.340 e. The summed E-state index contributed by atoms with van der Waals surface area (Å²) in [7, 11) is 1.57. The van der Waals surface area contributed by atoms with Gasteiger partial charge in [-0.15, -0.1) is 0 Å². The fraction of sp³-hybridized carbons (Fsp3) is 0.167. The number of methoxy groups -OCH3 is 1. The Morgan fingerprint density at radius 3 is 2.76 bits per heavy atom. The van der Waals surface area contributed by atoms with Crippen molar-refractivity contribution >= 4 is 34.3 Å². The van der Waals surface area contributed by atoms with E-state index in [1.807, 2.05) is 6.07 Å². The van der Waals surface area contributed by atoms with Crippen molar-refractivity contribution in [2.45, 2.75) is 6.92 Å². The zero-order chi connectivity index (χ0) is 18.0. The Hall–Kier alpha value is -2.86. The molecule has 1 aromatic carbocycles. The van der Waals surface area contributed by atoms with Crippen molar-refractivity contribution in [1.29, 1.82) is 0 Å². The van der Waals surface area contributed by atoms with E-state index in [9.17, 15) is 4.79 Å². The van der Waals surface area contributed by atoms with Crippen molar-refractivity contribution in [3.05, 3.63) is 47.1 Å². The summed E-state index contributed by atoms with van der Waals surface area (Å²) in [5.41, 5.74) is 8.05. The third-order valence-electron chi connectivity index (χ3n) is 3.71. The average Bonchev–Trinajstić information content (AvgIpc) is 2.62. The van der Waals surface area contributed by atoms with Crippen LogP contribution < -0.4 is 10.5 Å². The first kappa shape index (κ1) is 17.0. The van der Waals surface area contributed by atoms with Gasteiger partial charge in [0.05, 0.1) is 30.0 Å². The van der Waals surface area contributed by atoms with E-state index in [0.717, 1.165) is 5.56 Å². The number of anilines is 1. The normalized spacial score (nSPS) is 10.7. The number of hydrogen-bond donors (Lipinski definition) is 1. The predicted octanol–water partition coefficient (Wildman–Crippen LogP) is 3.72. The number of halogens is 1. The SMILES string of the molecule is CCOC(=O)c1cnc(N)c2nc(-c3ccc(OC)cc3Cl)ccc12. The summed E-state index contributed by atoms with van der Waals surface area (Å²) in [6, 6.07) is 8.86. The minimum atomic E-state index is -0.461. The molecule has 0 atom stereocenters. The zero-order valence-corrected chi connectivity index (χ0v) is 14.5. The Bertz CT molecular complexity index is 960. The van der Waals surface area contributed by atoms with Crippen molar-refractivity contribution < 1.29 is 14.3 Å². The number of aromatic nitrogens is 2. The van der Waals surface area contributed by atoms with Crippen LogP contribution in [-0.2, 0) is 4.74 Å². The number of nitrogens with zero attached hydrogens (tertiary/aromatic N) is 2. The van der Waals surface area contributed by atoms with Crippen LogP contribution in [0.5, 0.6) is 5.75 Å². The van der Waals surface area contributed by atoms with E-state index in [1.54, 1.807) is 38.3 Å². The lowest BCUT2D eigenvalue weighted by Crippen LogP contribution is -2.08. The van der Waals surface area contributed by atoms with E-state index < -0.39 is 5.97 Å². The quantitative estimate of drug-likeness (QED) is 0.716. The second kappa shape index (κ2) is 6.94. The molecule has 7 heteroatoms. The number of nitrogen functional groups attached to an aromatic ring is 1. The number of pyridine rings is 2. The van der Waals surface area contributed by atoms with Gasteiger partial charge in [0.1, 0.15) is 17.1 Å². The molecular weight excluding hydrogens is 342 g/mol. The molecule has 2 aromatic heterocycles. The summed E-state index contributed by atoms with van der Waals surface area (Å²) < 4.78 is 10.2. The van der Waals surface area contributed by atoms with Gasteiger partial charge in [-0.2, -0.15) is 0 Å². The van der Waals surface area contributed by atoms with Crippen LogP contribution in [0.3, 0.4) is 0 Å². The average molecular weight is 358 g/mol. The first-order valence-corrected chi connectivity index (χ1v) is 7.99. The molecule has 3 aromatic rings. The second-order valence-corrected chi connectivity index (χ2v) is 5.62. The van der Waals surface area contributed by atoms with Gasteiger partial charge < -0.3 is 15.2 Å². The summed E-state index contributed by atoms with van der Waals surface area (Å²) >= 11 is 6.32. The smallest absolute Gasteiger partial charge is 0.340 e. The number of fused-ring (bicyclic) bond motifs is 1. The van der Waals surface area contributed by atoms with Crippen LogP contribution in [0.2, 0.25) is 5.02 Å². The van der Waals surface area contributed by atoms with Crippen molar-refractivity contribution in [3.8, 4) is 17.0 Å². The third-order valence-corrected chi connectivity index (χ3v) is 4.02. The highest BCUT2D eigenvalue weighted by Crippen LogP contribution is 2.32. The standard InChI is InChI=1S/C18H16ClN3O3/c1-3-25-18(23)13-9-21-17(20)16-11(13)6-7-15(22-16)12-5-4-10(24-2)8-14(12)19/h4-9H,3H2,1-2H3,(H2,20,21). The van der Waals surface area contributed by atoms with Crippen LogP contribution in [0.15, 0.2) is 36.5 Å². The lowest BCUT2D eigenvalue weighted by molar-refractivity contribution is 0.0528. The maximum atomic E-state index is 12.1. The topological polar surface area (TPSA) is 87.3 Å². The Morgan fingerprint density at radius 2 is 2.08 bits per heavy atom. The molecule has 0 aliphatic heterocycles. The fourth-order valence-electron chi connectivity index (χ4n) is 2.49. The number of hydrogen-bond acceptors (Lipinski definition) is 6. The van der Waals surface area contributed by atoms with Crippen molar-refractivity contribution in [2.75, 3.05) is 19.5 Å². The van der Waals surface area contributed by atoms with Gasteiger partial charge in [0, 0.05) is 17.1 Å². The highest BCUT2D eigenvalue weighted by molar-refractivity contribution is 6.33. The molecule has 0 saturated carbocycles. The molecule has 128 valence electrons. The molecule has 25 heavy (non-hydrogen) atoms. The molecule has 6 nitrogen and oxygen atoms in total. The third kappa shape index (κ3) is 3.21. The summed E-state index contributed by atoms with van der Waals surface area (Å²) in [6.45, 7) is 2.02. The highest BCUT2D eigenvalue weighted by atomic mass is 35.5. The van der Waals surface area contributed by atoms with Crippen LogP contribution in [0.4, 0.5) is 5.82 Å². The van der Waals surface area contributed by atoms with Crippen LogP contribution in [0, 0.1) is 0 Å². The van der Waals surface area contributed by atoms with Gasteiger partial charge in [-0.05, 0) is 37.3 Å². The van der Waals surface area contributed by atoms with E-state index in [0.29, 0.717) is 32.9 Å². The van der Waals surface area contributed by atoms with Crippen molar-refractivity contribution in [3.63, 3.8) is 0 Å². The lowest BCUT2D eigenvalue weighted by Gasteiger charge is -2.10. The Labute approximate surface area is 149 Å². The van der Waals surface area contributed by atoms with E-state index in [4.69, 9.17) is 26.8 Å². The molecule has 3 rings (SSSR count). The van der Waals surface area contributed by atoms with Crippen molar-refractivity contribution in [2.24, 2.45) is 0 Å². The van der Waals surface area contributed by atoms with Crippen LogP contribution in [-0.4, -0.2) is 29.7 Å². The van der Waals surface area contributed by atoms with Gasteiger partial charge in [-0.25, -0.2) is 14.8 Å². The van der Waals surface area contributed by atoms with Crippen LogP contribution in [0.1, 0.15) is 17.3 Å². The molecule has 2 N–H and O–H groups in total. The van der Waals surface area contributed by atoms with E-state index in [-0.39, 0.29) is 12.4 Å². The number of benzene rings is 1. The first-order chi connectivity index (χ1) is 12.0. The number of carbonyl (C=O) groups excluding carboxylic acids is 1. The van der Waals surface area contributed by atoms with E-state index >= 15 is 0 Å². The molecule has 2 heterocycles. The summed E-state index contributed by atoms with van der Waals surface area (Å²) in [4.78, 5) is 20.7. The monoisotopic (exact) mass is 357 g/mol. The molecule has 0 fully saturated rings. The zero-order valence-electron chi connectivity index (χ0n) is 13.7. The fourth-order valence-corrected chi connectivity index (χ4v) is 2.76.